The summed E-state index contributed by atoms with van der Waals surface area (Å²) in [7, 11) is 0. The van der Waals surface area contributed by atoms with E-state index in [-0.39, 0.29) is 17.4 Å². The zero-order valence-corrected chi connectivity index (χ0v) is 15.9. The van der Waals surface area contributed by atoms with Crippen molar-refractivity contribution in [2.75, 3.05) is 18.4 Å². The molecule has 0 aromatic heterocycles. The third-order valence-corrected chi connectivity index (χ3v) is 5.80. The molecule has 146 valence electrons. The van der Waals surface area contributed by atoms with Crippen molar-refractivity contribution in [2.45, 2.75) is 37.8 Å². The summed E-state index contributed by atoms with van der Waals surface area (Å²) in [6, 6.07) is 14.4. The molecule has 1 atom stereocenters. The summed E-state index contributed by atoms with van der Waals surface area (Å²) in [4.78, 5) is 27.4. The van der Waals surface area contributed by atoms with E-state index in [0.29, 0.717) is 31.6 Å². The Morgan fingerprint density at radius 2 is 1.82 bits per heavy atom. The first-order valence-corrected chi connectivity index (χ1v) is 9.76. The number of hydrogen-bond donors (Lipinski definition) is 2. The van der Waals surface area contributed by atoms with Crippen molar-refractivity contribution in [1.82, 2.24) is 10.2 Å². The predicted octanol–water partition coefficient (Wildman–Crippen LogP) is 3.49. The van der Waals surface area contributed by atoms with E-state index in [2.05, 4.69) is 10.6 Å². The van der Waals surface area contributed by atoms with Gasteiger partial charge in [-0.15, -0.1) is 0 Å². The van der Waals surface area contributed by atoms with E-state index in [1.165, 1.54) is 6.07 Å². The molecule has 2 aromatic rings. The summed E-state index contributed by atoms with van der Waals surface area (Å²) in [6.07, 6.45) is 1.89. The van der Waals surface area contributed by atoms with Crippen LogP contribution < -0.4 is 10.6 Å². The van der Waals surface area contributed by atoms with Crippen LogP contribution in [0.4, 0.5) is 10.1 Å². The van der Waals surface area contributed by atoms with Gasteiger partial charge in [0.2, 0.25) is 5.91 Å². The fraction of sp³-hybridized carbons (Fsp3) is 0.364. The van der Waals surface area contributed by atoms with Crippen molar-refractivity contribution in [3.63, 3.8) is 0 Å². The van der Waals surface area contributed by atoms with Gasteiger partial charge in [0.15, 0.2) is 0 Å². The van der Waals surface area contributed by atoms with E-state index < -0.39 is 17.4 Å². The highest BCUT2D eigenvalue weighted by Crippen LogP contribution is 2.33. The number of piperidine rings is 1. The molecule has 1 fully saturated rings. The van der Waals surface area contributed by atoms with Crippen molar-refractivity contribution in [2.24, 2.45) is 0 Å². The lowest BCUT2D eigenvalue weighted by Crippen LogP contribution is -2.63. The molecule has 2 amide bonds. The van der Waals surface area contributed by atoms with Crippen LogP contribution in [0.15, 0.2) is 48.5 Å². The number of carbonyl (C=O) groups is 2. The molecule has 0 saturated carbocycles. The average Bonchev–Trinajstić information content (AvgIpc) is 2.69. The molecular formula is C22H24FN3O2. The maximum Gasteiger partial charge on any atom is 0.258 e. The summed E-state index contributed by atoms with van der Waals surface area (Å²) in [5, 5.41) is 6.24. The van der Waals surface area contributed by atoms with Gasteiger partial charge in [0.05, 0.1) is 17.2 Å². The Kier molecular flexibility index (Phi) is 4.79. The van der Waals surface area contributed by atoms with Crippen LogP contribution in [0.5, 0.6) is 0 Å². The van der Waals surface area contributed by atoms with Gasteiger partial charge in [-0.05, 0) is 24.1 Å². The zero-order valence-electron chi connectivity index (χ0n) is 15.9. The van der Waals surface area contributed by atoms with Crippen LogP contribution in [-0.2, 0) is 4.79 Å². The molecule has 2 aliphatic rings. The number of likely N-dealkylation sites (tertiary alicyclic amines) is 1. The van der Waals surface area contributed by atoms with Gasteiger partial charge < -0.3 is 15.5 Å². The van der Waals surface area contributed by atoms with Crippen LogP contribution in [0.2, 0.25) is 0 Å². The quantitative estimate of drug-likeness (QED) is 0.856. The van der Waals surface area contributed by atoms with Gasteiger partial charge in [0.25, 0.3) is 5.91 Å². The molecule has 4 rings (SSSR count). The normalized spacial score (nSPS) is 18.8. The van der Waals surface area contributed by atoms with Crippen LogP contribution in [0.1, 0.15) is 48.0 Å². The Balaban J connectivity index is 1.47. The van der Waals surface area contributed by atoms with Gasteiger partial charge in [-0.3, -0.25) is 9.59 Å². The first-order chi connectivity index (χ1) is 13.5. The smallest absolute Gasteiger partial charge is 0.258 e. The van der Waals surface area contributed by atoms with Gasteiger partial charge in [-0.2, -0.15) is 0 Å². The molecule has 1 saturated heterocycles. The minimum absolute atomic E-state index is 0.0572. The van der Waals surface area contributed by atoms with E-state index >= 15 is 0 Å². The topological polar surface area (TPSA) is 61.4 Å². The Labute approximate surface area is 163 Å². The third-order valence-electron chi connectivity index (χ3n) is 5.80. The number of benzene rings is 2. The molecule has 2 aliphatic heterocycles. The number of halogens is 1. The van der Waals surface area contributed by atoms with Crippen LogP contribution in [0, 0.1) is 5.82 Å². The van der Waals surface area contributed by atoms with E-state index in [0.717, 1.165) is 12.0 Å². The molecule has 1 unspecified atom stereocenters. The van der Waals surface area contributed by atoms with E-state index in [9.17, 15) is 14.0 Å². The van der Waals surface area contributed by atoms with Crippen molar-refractivity contribution in [3.8, 4) is 0 Å². The largest absolute Gasteiger partial charge is 0.362 e. The second-order valence-corrected chi connectivity index (χ2v) is 7.52. The first-order valence-electron chi connectivity index (χ1n) is 9.76. The highest BCUT2D eigenvalue weighted by atomic mass is 19.1. The number of rotatable bonds is 3. The summed E-state index contributed by atoms with van der Waals surface area (Å²) in [5.74, 6) is -0.961. The number of hydrogen-bond acceptors (Lipinski definition) is 3. The molecule has 0 radical (unpaired) electrons. The second kappa shape index (κ2) is 7.26. The summed E-state index contributed by atoms with van der Waals surface area (Å²) < 4.78 is 14.0. The lowest BCUT2D eigenvalue weighted by atomic mass is 9.90. The Hall–Kier alpha value is -2.89. The molecule has 2 N–H and O–H groups in total. The van der Waals surface area contributed by atoms with Crippen molar-refractivity contribution < 1.29 is 14.0 Å². The molecule has 6 heteroatoms. The van der Waals surface area contributed by atoms with Crippen molar-refractivity contribution >= 4 is 17.5 Å². The number of fused-ring (bicyclic) bond motifs is 1. The zero-order chi connectivity index (χ0) is 19.7. The molecule has 28 heavy (non-hydrogen) atoms. The number of nitrogens with one attached hydrogen (secondary N) is 2. The molecule has 0 aliphatic carbocycles. The third kappa shape index (κ3) is 3.23. The standard InChI is InChI=1S/C22H24FN3O2/c1-2-16(15-7-4-3-5-8-15)21(28)26-13-11-22(12-14-26)24-18-10-6-9-17(23)19(18)20(27)25-22/h3-10,16,24H,2,11-14H2,1H3,(H,25,27). The monoisotopic (exact) mass is 381 g/mol. The van der Waals surface area contributed by atoms with Gasteiger partial charge in [0, 0.05) is 25.9 Å². The Morgan fingerprint density at radius 1 is 1.11 bits per heavy atom. The van der Waals surface area contributed by atoms with Gasteiger partial charge in [0.1, 0.15) is 11.5 Å². The lowest BCUT2D eigenvalue weighted by Gasteiger charge is -2.46. The second-order valence-electron chi connectivity index (χ2n) is 7.52. The van der Waals surface area contributed by atoms with Crippen molar-refractivity contribution in [3.05, 3.63) is 65.5 Å². The van der Waals surface area contributed by atoms with Crippen LogP contribution in [0.25, 0.3) is 0 Å². The van der Waals surface area contributed by atoms with E-state index in [1.54, 1.807) is 12.1 Å². The lowest BCUT2D eigenvalue weighted by molar-refractivity contribution is -0.134. The van der Waals surface area contributed by atoms with Crippen LogP contribution in [0.3, 0.4) is 0 Å². The molecule has 5 nitrogen and oxygen atoms in total. The van der Waals surface area contributed by atoms with Gasteiger partial charge in [-0.1, -0.05) is 43.3 Å². The maximum atomic E-state index is 14.0. The number of anilines is 1. The molecule has 2 heterocycles. The highest BCUT2D eigenvalue weighted by molar-refractivity contribution is 6.02. The summed E-state index contributed by atoms with van der Waals surface area (Å²) in [5.41, 5.74) is 0.966. The average molecular weight is 381 g/mol. The highest BCUT2D eigenvalue weighted by Gasteiger charge is 2.42. The molecule has 0 bridgehead atoms. The van der Waals surface area contributed by atoms with Crippen LogP contribution >= 0.6 is 0 Å². The summed E-state index contributed by atoms with van der Waals surface area (Å²) >= 11 is 0. The Morgan fingerprint density at radius 3 is 2.50 bits per heavy atom. The molecular weight excluding hydrogens is 357 g/mol. The molecule has 1 spiro atoms. The maximum absolute atomic E-state index is 14.0. The predicted molar refractivity (Wildman–Crippen MR) is 106 cm³/mol. The van der Waals surface area contributed by atoms with E-state index in [4.69, 9.17) is 0 Å². The summed E-state index contributed by atoms with van der Waals surface area (Å²) in [6.45, 7) is 3.11. The van der Waals surface area contributed by atoms with Gasteiger partial charge >= 0.3 is 0 Å². The van der Waals surface area contributed by atoms with Crippen molar-refractivity contribution in [1.29, 1.82) is 0 Å². The molecule has 2 aromatic carbocycles. The van der Waals surface area contributed by atoms with Gasteiger partial charge in [-0.25, -0.2) is 4.39 Å². The fourth-order valence-corrected chi connectivity index (χ4v) is 4.25. The fourth-order valence-electron chi connectivity index (χ4n) is 4.25. The number of amides is 2. The number of nitrogens with zero attached hydrogens (tertiary/aromatic N) is 1. The number of carbonyl (C=O) groups excluding carboxylic acids is 2. The van der Waals surface area contributed by atoms with Crippen LogP contribution in [-0.4, -0.2) is 35.5 Å². The minimum atomic E-state index is -0.636. The SMILES string of the molecule is CCC(C(=O)N1CCC2(CC1)NC(=O)c1c(F)cccc1N2)c1ccccc1. The Bertz CT molecular complexity index is 892. The van der Waals surface area contributed by atoms with E-state index in [1.807, 2.05) is 42.2 Å². The minimum Gasteiger partial charge on any atom is -0.362 e. The first kappa shape index (κ1) is 18.5.